The van der Waals surface area contributed by atoms with Crippen LogP contribution in [0, 0.1) is 0 Å². The number of aromatic nitrogens is 1. The van der Waals surface area contributed by atoms with Crippen LogP contribution in [0.1, 0.15) is 56.0 Å². The molecule has 1 fully saturated rings. The van der Waals surface area contributed by atoms with Gasteiger partial charge in [-0.15, -0.1) is 11.3 Å². The smallest absolute Gasteiger partial charge is 0.317 e. The summed E-state index contributed by atoms with van der Waals surface area (Å²) in [6, 6.07) is 8.96. The maximum absolute atomic E-state index is 11.2. The minimum atomic E-state index is -0.757. The van der Waals surface area contributed by atoms with Crippen LogP contribution in [0.4, 0.5) is 0 Å². The Morgan fingerprint density at radius 2 is 1.96 bits per heavy atom. The van der Waals surface area contributed by atoms with E-state index in [1.165, 1.54) is 18.4 Å². The Morgan fingerprint density at radius 3 is 2.56 bits per heavy atom. The van der Waals surface area contributed by atoms with Gasteiger partial charge in [-0.3, -0.25) is 9.69 Å². The van der Waals surface area contributed by atoms with Crippen LogP contribution in [0.3, 0.4) is 0 Å². The van der Waals surface area contributed by atoms with E-state index in [1.54, 1.807) is 11.3 Å². The Balaban J connectivity index is 1.71. The second-order valence-electron chi connectivity index (χ2n) is 7.14. The number of carboxylic acids is 1. The molecular weight excluding hydrogens is 332 g/mol. The van der Waals surface area contributed by atoms with Crippen molar-refractivity contribution < 1.29 is 9.90 Å². The Morgan fingerprint density at radius 1 is 1.28 bits per heavy atom. The van der Waals surface area contributed by atoms with E-state index in [9.17, 15) is 9.90 Å². The Hall–Kier alpha value is -1.72. The van der Waals surface area contributed by atoms with Gasteiger partial charge in [0, 0.05) is 17.0 Å². The summed E-state index contributed by atoms with van der Waals surface area (Å²) in [6.45, 7) is 5.11. The van der Waals surface area contributed by atoms with E-state index in [4.69, 9.17) is 4.98 Å². The van der Waals surface area contributed by atoms with Gasteiger partial charge in [0.05, 0.1) is 18.8 Å². The summed E-state index contributed by atoms with van der Waals surface area (Å²) in [5.41, 5.74) is 3.43. The summed E-state index contributed by atoms with van der Waals surface area (Å²) in [7, 11) is 0. The zero-order valence-corrected chi connectivity index (χ0v) is 15.8. The molecule has 1 aromatic carbocycles. The third-order valence-corrected chi connectivity index (χ3v) is 5.78. The molecule has 0 saturated heterocycles. The average molecular weight is 359 g/mol. The first-order valence-electron chi connectivity index (χ1n) is 9.03. The molecule has 2 aromatic rings. The number of aliphatic carboxylic acids is 1. The Kier molecular flexibility index (Phi) is 5.86. The van der Waals surface area contributed by atoms with Crippen molar-refractivity contribution in [2.24, 2.45) is 0 Å². The lowest BCUT2D eigenvalue weighted by Gasteiger charge is -2.25. The number of rotatable bonds is 7. The number of thiazole rings is 1. The van der Waals surface area contributed by atoms with E-state index in [-0.39, 0.29) is 6.54 Å². The maximum atomic E-state index is 11.2. The van der Waals surface area contributed by atoms with Crippen LogP contribution in [0.15, 0.2) is 29.6 Å². The van der Waals surface area contributed by atoms with Crippen LogP contribution in [-0.4, -0.2) is 33.5 Å². The molecule has 1 heterocycles. The van der Waals surface area contributed by atoms with E-state index in [0.29, 0.717) is 18.5 Å². The summed E-state index contributed by atoms with van der Waals surface area (Å²) in [6.07, 6.45) is 4.60. The molecule has 1 saturated carbocycles. The van der Waals surface area contributed by atoms with Crippen molar-refractivity contribution in [1.82, 2.24) is 9.88 Å². The van der Waals surface area contributed by atoms with Gasteiger partial charge in [0.25, 0.3) is 0 Å². The lowest BCUT2D eigenvalue weighted by Crippen LogP contribution is -2.36. The van der Waals surface area contributed by atoms with E-state index in [1.807, 2.05) is 0 Å². The van der Waals surface area contributed by atoms with Crippen molar-refractivity contribution in [1.29, 1.82) is 0 Å². The fourth-order valence-corrected chi connectivity index (χ4v) is 4.31. The van der Waals surface area contributed by atoms with Gasteiger partial charge in [0.1, 0.15) is 5.01 Å². The number of hydrogen-bond donors (Lipinski definition) is 1. The van der Waals surface area contributed by atoms with Crippen molar-refractivity contribution in [3.05, 3.63) is 40.2 Å². The molecule has 0 bridgehead atoms. The first-order valence-corrected chi connectivity index (χ1v) is 9.91. The van der Waals surface area contributed by atoms with Crippen LogP contribution in [0.25, 0.3) is 11.3 Å². The van der Waals surface area contributed by atoms with Crippen LogP contribution in [0.2, 0.25) is 0 Å². The molecular formula is C20H26N2O2S. The third-order valence-electron chi connectivity index (χ3n) is 4.94. The molecule has 3 rings (SSSR count). The van der Waals surface area contributed by atoms with Crippen LogP contribution in [-0.2, 0) is 11.3 Å². The van der Waals surface area contributed by atoms with E-state index in [0.717, 1.165) is 29.1 Å². The lowest BCUT2D eigenvalue weighted by molar-refractivity contribution is -0.139. The van der Waals surface area contributed by atoms with Gasteiger partial charge in [-0.25, -0.2) is 4.98 Å². The van der Waals surface area contributed by atoms with Crippen LogP contribution >= 0.6 is 11.3 Å². The second-order valence-corrected chi connectivity index (χ2v) is 8.08. The molecule has 0 spiro atoms. The molecule has 1 aromatic heterocycles. The van der Waals surface area contributed by atoms with Crippen molar-refractivity contribution >= 4 is 17.3 Å². The first kappa shape index (κ1) is 18.1. The first-order chi connectivity index (χ1) is 12.0. The maximum Gasteiger partial charge on any atom is 0.317 e. The van der Waals surface area contributed by atoms with Gasteiger partial charge < -0.3 is 5.11 Å². The fourth-order valence-electron chi connectivity index (χ4n) is 3.49. The lowest BCUT2D eigenvalue weighted by atomic mass is 10.0. The molecule has 0 amide bonds. The molecule has 1 aliphatic carbocycles. The van der Waals surface area contributed by atoms with Crippen molar-refractivity contribution in [3.63, 3.8) is 0 Å². The highest BCUT2D eigenvalue weighted by atomic mass is 32.1. The number of carboxylic acid groups (broad SMARTS) is 1. The predicted molar refractivity (Wildman–Crippen MR) is 102 cm³/mol. The van der Waals surface area contributed by atoms with Crippen molar-refractivity contribution in [2.45, 2.75) is 58.0 Å². The van der Waals surface area contributed by atoms with Gasteiger partial charge in [-0.05, 0) is 24.3 Å². The Bertz CT molecular complexity index is 703. The van der Waals surface area contributed by atoms with Gasteiger partial charge in [0.15, 0.2) is 0 Å². The van der Waals surface area contributed by atoms with Gasteiger partial charge in [0.2, 0.25) is 0 Å². The zero-order valence-electron chi connectivity index (χ0n) is 14.9. The van der Waals surface area contributed by atoms with Gasteiger partial charge >= 0.3 is 5.97 Å². The van der Waals surface area contributed by atoms with Crippen molar-refractivity contribution in [3.8, 4) is 11.3 Å². The monoisotopic (exact) mass is 358 g/mol. The summed E-state index contributed by atoms with van der Waals surface area (Å²) < 4.78 is 0. The normalized spacial score (nSPS) is 15.4. The standard InChI is InChI=1S/C20H26N2O2S/c1-14(2)15-7-9-16(10-8-15)18-13-25-19(21-18)11-22(12-20(23)24)17-5-3-4-6-17/h7-10,13-14,17H,3-6,11-12H2,1-2H3,(H,23,24). The summed E-state index contributed by atoms with van der Waals surface area (Å²) in [5.74, 6) is -0.232. The third kappa shape index (κ3) is 4.67. The number of hydrogen-bond acceptors (Lipinski definition) is 4. The molecule has 134 valence electrons. The van der Waals surface area contributed by atoms with E-state index in [2.05, 4.69) is 48.4 Å². The molecule has 1 N–H and O–H groups in total. The molecule has 5 heteroatoms. The quantitative estimate of drug-likeness (QED) is 0.775. The molecule has 0 radical (unpaired) electrons. The minimum absolute atomic E-state index is 0.0999. The highest BCUT2D eigenvalue weighted by Gasteiger charge is 2.25. The minimum Gasteiger partial charge on any atom is -0.480 e. The molecule has 0 aliphatic heterocycles. The highest BCUT2D eigenvalue weighted by Crippen LogP contribution is 2.28. The van der Waals surface area contributed by atoms with Crippen LogP contribution < -0.4 is 0 Å². The van der Waals surface area contributed by atoms with Crippen molar-refractivity contribution in [2.75, 3.05) is 6.54 Å². The van der Waals surface area contributed by atoms with Gasteiger partial charge in [-0.2, -0.15) is 0 Å². The van der Waals surface area contributed by atoms with Crippen LogP contribution in [0.5, 0.6) is 0 Å². The zero-order chi connectivity index (χ0) is 17.8. The van der Waals surface area contributed by atoms with E-state index < -0.39 is 5.97 Å². The SMILES string of the molecule is CC(C)c1ccc(-c2csc(CN(CC(=O)O)C3CCCC3)n2)cc1. The van der Waals surface area contributed by atoms with E-state index >= 15 is 0 Å². The number of benzene rings is 1. The largest absolute Gasteiger partial charge is 0.480 e. The number of nitrogens with zero attached hydrogens (tertiary/aromatic N) is 2. The molecule has 4 nitrogen and oxygen atoms in total. The average Bonchev–Trinajstić information content (AvgIpc) is 3.26. The summed E-state index contributed by atoms with van der Waals surface area (Å²) in [4.78, 5) is 18.1. The summed E-state index contributed by atoms with van der Waals surface area (Å²) in [5, 5.41) is 12.3. The molecule has 0 atom stereocenters. The second kappa shape index (κ2) is 8.11. The predicted octanol–water partition coefficient (Wildman–Crippen LogP) is 4.76. The Labute approximate surface area is 153 Å². The van der Waals surface area contributed by atoms with Gasteiger partial charge in [-0.1, -0.05) is 51.0 Å². The molecule has 0 unspecified atom stereocenters. The highest BCUT2D eigenvalue weighted by molar-refractivity contribution is 7.09. The molecule has 1 aliphatic rings. The fraction of sp³-hybridized carbons (Fsp3) is 0.500. The summed E-state index contributed by atoms with van der Waals surface area (Å²) >= 11 is 1.62. The molecule has 25 heavy (non-hydrogen) atoms. The number of carbonyl (C=O) groups is 1. The topological polar surface area (TPSA) is 53.4 Å².